The van der Waals surface area contributed by atoms with E-state index >= 15 is 0 Å². The number of rotatable bonds is 6. The van der Waals surface area contributed by atoms with Crippen molar-refractivity contribution in [2.45, 2.75) is 51.0 Å². The van der Waals surface area contributed by atoms with E-state index in [1.54, 1.807) is 4.90 Å². The number of hydrogen-bond acceptors (Lipinski definition) is 3. The Labute approximate surface area is 111 Å². The minimum atomic E-state index is 0.218. The Morgan fingerprint density at radius 2 is 1.78 bits per heavy atom. The molecule has 106 valence electrons. The molecule has 0 spiro atoms. The number of hydrogen-bond donors (Lipinski definition) is 1. The number of nitrogens with two attached hydrogens (primary N) is 1. The lowest BCUT2D eigenvalue weighted by atomic mass is 10.1. The zero-order valence-electron chi connectivity index (χ0n) is 12.0. The lowest BCUT2D eigenvalue weighted by molar-refractivity contribution is -0.131. The molecular formula is C14H29N3O. The van der Waals surface area contributed by atoms with Crippen LogP contribution in [0.3, 0.4) is 0 Å². The van der Waals surface area contributed by atoms with Crippen LogP contribution in [-0.4, -0.2) is 55.5 Å². The predicted molar refractivity (Wildman–Crippen MR) is 75.4 cm³/mol. The summed E-state index contributed by atoms with van der Waals surface area (Å²) in [6, 6.07) is 0.597. The molecule has 0 aromatic carbocycles. The quantitative estimate of drug-likeness (QED) is 0.731. The number of carbonyl (C=O) groups is 1. The van der Waals surface area contributed by atoms with Crippen LogP contribution < -0.4 is 5.73 Å². The number of likely N-dealkylation sites (N-methyl/N-ethyl adjacent to an activating group) is 2. The second-order valence-corrected chi connectivity index (χ2v) is 5.52. The molecule has 2 N–H and O–H groups in total. The van der Waals surface area contributed by atoms with E-state index in [1.165, 1.54) is 38.5 Å². The van der Waals surface area contributed by atoms with Gasteiger partial charge in [0.25, 0.3) is 0 Å². The van der Waals surface area contributed by atoms with E-state index in [1.807, 2.05) is 7.05 Å². The molecule has 0 aromatic rings. The summed E-state index contributed by atoms with van der Waals surface area (Å²) in [7, 11) is 3.96. The highest BCUT2D eigenvalue weighted by Crippen LogP contribution is 2.20. The molecule has 0 aromatic heterocycles. The van der Waals surface area contributed by atoms with Gasteiger partial charge in [0.15, 0.2) is 0 Å². The molecule has 0 atom stereocenters. The Bertz CT molecular complexity index is 237. The summed E-state index contributed by atoms with van der Waals surface area (Å²) in [5, 5.41) is 0. The van der Waals surface area contributed by atoms with Gasteiger partial charge in [-0.15, -0.1) is 0 Å². The second kappa shape index (κ2) is 8.48. The van der Waals surface area contributed by atoms with Crippen molar-refractivity contribution >= 4 is 5.91 Å². The van der Waals surface area contributed by atoms with Gasteiger partial charge in [-0.25, -0.2) is 0 Å². The first kappa shape index (κ1) is 15.4. The third kappa shape index (κ3) is 5.36. The summed E-state index contributed by atoms with van der Waals surface area (Å²) in [6.45, 7) is 1.97. The summed E-state index contributed by atoms with van der Waals surface area (Å²) in [5.41, 5.74) is 5.46. The smallest absolute Gasteiger partial charge is 0.236 e. The predicted octanol–water partition coefficient (Wildman–Crippen LogP) is 1.45. The van der Waals surface area contributed by atoms with Crippen LogP contribution in [0.5, 0.6) is 0 Å². The van der Waals surface area contributed by atoms with Crippen molar-refractivity contribution in [3.8, 4) is 0 Å². The Morgan fingerprint density at radius 1 is 1.17 bits per heavy atom. The van der Waals surface area contributed by atoms with E-state index < -0.39 is 0 Å². The number of nitrogens with zero attached hydrogens (tertiary/aromatic N) is 2. The fourth-order valence-corrected chi connectivity index (χ4v) is 2.61. The lowest BCUT2D eigenvalue weighted by Crippen LogP contribution is -2.41. The van der Waals surface area contributed by atoms with Crippen LogP contribution in [0.4, 0.5) is 0 Å². The number of amides is 1. The maximum atomic E-state index is 12.0. The van der Waals surface area contributed by atoms with Crippen LogP contribution in [-0.2, 0) is 4.79 Å². The van der Waals surface area contributed by atoms with Crippen LogP contribution >= 0.6 is 0 Å². The minimum Gasteiger partial charge on any atom is -0.345 e. The van der Waals surface area contributed by atoms with Crippen molar-refractivity contribution in [2.75, 3.05) is 33.7 Å². The highest BCUT2D eigenvalue weighted by Gasteiger charge is 2.20. The summed E-state index contributed by atoms with van der Waals surface area (Å²) in [6.07, 6.45) is 8.71. The van der Waals surface area contributed by atoms with Crippen LogP contribution in [0.1, 0.15) is 44.9 Å². The zero-order chi connectivity index (χ0) is 13.4. The molecule has 1 saturated carbocycles. The first-order valence-corrected chi connectivity index (χ1v) is 7.29. The molecule has 4 heteroatoms. The lowest BCUT2D eigenvalue weighted by Gasteiger charge is -2.28. The third-order valence-electron chi connectivity index (χ3n) is 3.96. The molecule has 0 radical (unpaired) electrons. The van der Waals surface area contributed by atoms with Crippen molar-refractivity contribution < 1.29 is 4.79 Å². The summed E-state index contributed by atoms with van der Waals surface area (Å²) >= 11 is 0. The zero-order valence-corrected chi connectivity index (χ0v) is 12.0. The fraction of sp³-hybridized carbons (Fsp3) is 0.929. The average Bonchev–Trinajstić information content (AvgIpc) is 2.64. The third-order valence-corrected chi connectivity index (χ3v) is 3.96. The van der Waals surface area contributed by atoms with Gasteiger partial charge in [-0.1, -0.05) is 25.7 Å². The minimum absolute atomic E-state index is 0.218. The molecule has 0 unspecified atom stereocenters. The molecule has 0 aliphatic heterocycles. The molecule has 1 rings (SSSR count). The number of carbonyl (C=O) groups excluding carboxylic acids is 1. The van der Waals surface area contributed by atoms with Gasteiger partial charge in [-0.05, 0) is 32.9 Å². The summed E-state index contributed by atoms with van der Waals surface area (Å²) < 4.78 is 0. The van der Waals surface area contributed by atoms with Gasteiger partial charge in [-0.3, -0.25) is 9.69 Å². The van der Waals surface area contributed by atoms with Crippen LogP contribution in [0, 0.1) is 0 Å². The molecule has 4 nitrogen and oxygen atoms in total. The molecule has 18 heavy (non-hydrogen) atoms. The summed E-state index contributed by atoms with van der Waals surface area (Å²) in [5.74, 6) is 0.218. The van der Waals surface area contributed by atoms with Crippen molar-refractivity contribution in [2.24, 2.45) is 5.73 Å². The van der Waals surface area contributed by atoms with Gasteiger partial charge in [0.05, 0.1) is 6.54 Å². The van der Waals surface area contributed by atoms with Gasteiger partial charge >= 0.3 is 0 Å². The molecule has 0 bridgehead atoms. The van der Waals surface area contributed by atoms with Crippen molar-refractivity contribution in [1.82, 2.24) is 9.80 Å². The van der Waals surface area contributed by atoms with E-state index in [4.69, 9.17) is 5.73 Å². The Morgan fingerprint density at radius 3 is 2.33 bits per heavy atom. The van der Waals surface area contributed by atoms with Gasteiger partial charge in [0.2, 0.25) is 5.91 Å². The average molecular weight is 255 g/mol. The molecule has 1 aliphatic carbocycles. The molecule has 0 heterocycles. The highest BCUT2D eigenvalue weighted by atomic mass is 16.2. The normalized spacial score (nSPS) is 17.8. The Hall–Kier alpha value is -0.610. The first-order valence-electron chi connectivity index (χ1n) is 7.29. The van der Waals surface area contributed by atoms with Gasteiger partial charge in [-0.2, -0.15) is 0 Å². The topological polar surface area (TPSA) is 49.6 Å². The molecule has 1 amide bonds. The standard InChI is InChI=1S/C14H29N3O/c1-16(11-7-10-15)14(18)12-17(2)13-8-5-3-4-6-9-13/h13H,3-12,15H2,1-2H3. The Balaban J connectivity index is 2.32. The Kier molecular flexibility index (Phi) is 7.28. The van der Waals surface area contributed by atoms with E-state index in [2.05, 4.69) is 11.9 Å². The van der Waals surface area contributed by atoms with E-state index in [9.17, 15) is 4.79 Å². The van der Waals surface area contributed by atoms with Gasteiger partial charge in [0, 0.05) is 19.6 Å². The maximum absolute atomic E-state index is 12.0. The van der Waals surface area contributed by atoms with E-state index in [0.717, 1.165) is 13.0 Å². The SMILES string of the molecule is CN(CCCN)C(=O)CN(C)C1CCCCCC1. The maximum Gasteiger partial charge on any atom is 0.236 e. The van der Waals surface area contributed by atoms with Crippen molar-refractivity contribution in [1.29, 1.82) is 0 Å². The molecule has 1 aliphatic rings. The molecule has 1 fully saturated rings. The summed E-state index contributed by atoms with van der Waals surface area (Å²) in [4.78, 5) is 16.1. The highest BCUT2D eigenvalue weighted by molar-refractivity contribution is 5.77. The van der Waals surface area contributed by atoms with Gasteiger partial charge in [0.1, 0.15) is 0 Å². The van der Waals surface area contributed by atoms with Gasteiger partial charge < -0.3 is 10.6 Å². The van der Waals surface area contributed by atoms with Crippen LogP contribution in [0.25, 0.3) is 0 Å². The second-order valence-electron chi connectivity index (χ2n) is 5.52. The molecular weight excluding hydrogens is 226 g/mol. The fourth-order valence-electron chi connectivity index (χ4n) is 2.61. The largest absolute Gasteiger partial charge is 0.345 e. The monoisotopic (exact) mass is 255 g/mol. The van der Waals surface area contributed by atoms with Crippen LogP contribution in [0.2, 0.25) is 0 Å². The van der Waals surface area contributed by atoms with E-state index in [0.29, 0.717) is 19.1 Å². The first-order chi connectivity index (χ1) is 8.65. The van der Waals surface area contributed by atoms with E-state index in [-0.39, 0.29) is 5.91 Å². The van der Waals surface area contributed by atoms with Crippen molar-refractivity contribution in [3.63, 3.8) is 0 Å². The van der Waals surface area contributed by atoms with Crippen molar-refractivity contribution in [3.05, 3.63) is 0 Å². The van der Waals surface area contributed by atoms with Crippen LogP contribution in [0.15, 0.2) is 0 Å². The molecule has 0 saturated heterocycles.